The molecule has 1 heterocycles. The lowest BCUT2D eigenvalue weighted by atomic mass is 9.81. The third-order valence-electron chi connectivity index (χ3n) is 5.13. The van der Waals surface area contributed by atoms with Gasteiger partial charge in [-0.25, -0.2) is 0 Å². The fourth-order valence-corrected chi connectivity index (χ4v) is 4.16. The van der Waals surface area contributed by atoms with Gasteiger partial charge in [-0.3, -0.25) is 9.59 Å². The van der Waals surface area contributed by atoms with E-state index in [1.807, 2.05) is 36.4 Å². The number of esters is 1. The van der Waals surface area contributed by atoms with Crippen molar-refractivity contribution < 1.29 is 14.3 Å². The van der Waals surface area contributed by atoms with E-state index in [1.54, 1.807) is 11.8 Å². The summed E-state index contributed by atoms with van der Waals surface area (Å²) in [4.78, 5) is 26.7. The van der Waals surface area contributed by atoms with Crippen LogP contribution >= 0.6 is 15.9 Å². The molecule has 4 rings (SSSR count). The minimum Gasteiger partial charge on any atom is -0.465 e. The summed E-state index contributed by atoms with van der Waals surface area (Å²) in [5, 5.41) is 2.23. The van der Waals surface area contributed by atoms with E-state index in [-0.39, 0.29) is 18.4 Å². The van der Waals surface area contributed by atoms with Gasteiger partial charge in [0.2, 0.25) is 5.91 Å². The number of amides is 1. The van der Waals surface area contributed by atoms with Crippen molar-refractivity contribution in [1.82, 2.24) is 0 Å². The summed E-state index contributed by atoms with van der Waals surface area (Å²) in [5.41, 5.74) is 2.96. The molecule has 142 valence electrons. The fraction of sp³-hybridized carbons (Fsp3) is 0.217. The Kier molecular flexibility index (Phi) is 5.18. The number of carbonyl (C=O) groups excluding carboxylic acids is 2. The molecule has 28 heavy (non-hydrogen) atoms. The first-order valence-corrected chi connectivity index (χ1v) is 10.1. The quantitative estimate of drug-likeness (QED) is 0.537. The lowest BCUT2D eigenvalue weighted by molar-refractivity contribution is -0.142. The van der Waals surface area contributed by atoms with Gasteiger partial charge in [0.15, 0.2) is 0 Å². The molecule has 0 fully saturated rings. The van der Waals surface area contributed by atoms with Crippen molar-refractivity contribution in [1.29, 1.82) is 0 Å². The zero-order chi connectivity index (χ0) is 19.7. The molecule has 0 spiro atoms. The summed E-state index contributed by atoms with van der Waals surface area (Å²) < 4.78 is 6.08. The average molecular weight is 438 g/mol. The van der Waals surface area contributed by atoms with Crippen molar-refractivity contribution in [3.05, 3.63) is 76.3 Å². The summed E-state index contributed by atoms with van der Waals surface area (Å²) in [6, 6.07) is 20.2. The van der Waals surface area contributed by atoms with Crippen molar-refractivity contribution in [2.75, 3.05) is 18.1 Å². The molecule has 0 saturated carbocycles. The maximum atomic E-state index is 13.0. The lowest BCUT2D eigenvalue weighted by Gasteiger charge is -2.34. The smallest absolute Gasteiger partial charge is 0.326 e. The summed E-state index contributed by atoms with van der Waals surface area (Å²) >= 11 is 3.48. The van der Waals surface area contributed by atoms with Crippen LogP contribution in [0.5, 0.6) is 0 Å². The number of halogens is 1. The van der Waals surface area contributed by atoms with Crippen molar-refractivity contribution in [2.45, 2.75) is 19.3 Å². The molecule has 0 N–H and O–H groups in total. The number of hydrogen-bond donors (Lipinski definition) is 0. The van der Waals surface area contributed by atoms with Crippen LogP contribution in [0.15, 0.2) is 65.1 Å². The van der Waals surface area contributed by atoms with Crippen LogP contribution < -0.4 is 4.90 Å². The van der Waals surface area contributed by atoms with E-state index in [9.17, 15) is 9.59 Å². The van der Waals surface area contributed by atoms with Crippen molar-refractivity contribution >= 4 is 44.3 Å². The second kappa shape index (κ2) is 7.76. The number of anilines is 1. The van der Waals surface area contributed by atoms with Gasteiger partial charge in [0.05, 0.1) is 6.61 Å². The fourth-order valence-electron chi connectivity index (χ4n) is 3.90. The summed E-state index contributed by atoms with van der Waals surface area (Å²) in [6.45, 7) is 2.00. The zero-order valence-corrected chi connectivity index (χ0v) is 17.1. The van der Waals surface area contributed by atoms with Gasteiger partial charge < -0.3 is 9.64 Å². The second-order valence-corrected chi connectivity index (χ2v) is 7.73. The number of carbonyl (C=O) groups is 2. The van der Waals surface area contributed by atoms with Crippen LogP contribution in [0.1, 0.15) is 30.4 Å². The summed E-state index contributed by atoms with van der Waals surface area (Å²) in [6.07, 6.45) is 0.321. The SMILES string of the molecule is CCOC(=O)CN1C(=O)CC(c2ccc(Br)cc2)c2c1ccc1ccccc21. The highest BCUT2D eigenvalue weighted by Gasteiger charge is 2.34. The topological polar surface area (TPSA) is 46.6 Å². The average Bonchev–Trinajstić information content (AvgIpc) is 2.70. The molecule has 1 aliphatic heterocycles. The van der Waals surface area contributed by atoms with Gasteiger partial charge in [-0.1, -0.05) is 58.4 Å². The molecule has 0 radical (unpaired) electrons. The maximum Gasteiger partial charge on any atom is 0.326 e. The molecule has 3 aromatic rings. The van der Waals surface area contributed by atoms with Crippen molar-refractivity contribution in [2.24, 2.45) is 0 Å². The molecule has 1 unspecified atom stereocenters. The zero-order valence-electron chi connectivity index (χ0n) is 15.5. The predicted molar refractivity (Wildman–Crippen MR) is 114 cm³/mol. The van der Waals surface area contributed by atoms with Gasteiger partial charge in [0.1, 0.15) is 6.54 Å². The Morgan fingerprint density at radius 1 is 1.11 bits per heavy atom. The van der Waals surface area contributed by atoms with E-state index in [4.69, 9.17) is 4.74 Å². The molecule has 0 saturated heterocycles. The van der Waals surface area contributed by atoms with E-state index >= 15 is 0 Å². The predicted octanol–water partition coefficient (Wildman–Crippen LogP) is 5.03. The highest BCUT2D eigenvalue weighted by atomic mass is 79.9. The Morgan fingerprint density at radius 2 is 1.86 bits per heavy atom. The number of ether oxygens (including phenoxy) is 1. The Bertz CT molecular complexity index is 1050. The van der Waals surface area contributed by atoms with E-state index in [0.717, 1.165) is 32.1 Å². The first-order valence-electron chi connectivity index (χ1n) is 9.31. The minimum atomic E-state index is -0.392. The molecule has 1 atom stereocenters. The van der Waals surface area contributed by atoms with Crippen LogP contribution in [0.25, 0.3) is 10.8 Å². The van der Waals surface area contributed by atoms with Gasteiger partial charge >= 0.3 is 5.97 Å². The number of rotatable bonds is 4. The van der Waals surface area contributed by atoms with Gasteiger partial charge in [-0.05, 0) is 47.0 Å². The number of benzene rings is 3. The van der Waals surface area contributed by atoms with E-state index in [0.29, 0.717) is 13.0 Å². The molecular formula is C23H20BrNO3. The summed E-state index contributed by atoms with van der Waals surface area (Å²) in [5.74, 6) is -0.513. The molecule has 3 aromatic carbocycles. The van der Waals surface area contributed by atoms with Gasteiger partial charge in [0.25, 0.3) is 0 Å². The first-order chi connectivity index (χ1) is 13.6. The largest absolute Gasteiger partial charge is 0.465 e. The monoisotopic (exact) mass is 437 g/mol. The van der Waals surface area contributed by atoms with Crippen molar-refractivity contribution in [3.8, 4) is 0 Å². The lowest BCUT2D eigenvalue weighted by Crippen LogP contribution is -2.41. The van der Waals surface area contributed by atoms with E-state index in [2.05, 4.69) is 40.2 Å². The number of hydrogen-bond acceptors (Lipinski definition) is 3. The minimum absolute atomic E-state index is 0.0554. The first kappa shape index (κ1) is 18.7. The maximum absolute atomic E-state index is 13.0. The molecule has 0 aliphatic carbocycles. The summed E-state index contributed by atoms with van der Waals surface area (Å²) in [7, 11) is 0. The normalized spacial score (nSPS) is 16.1. The van der Waals surface area contributed by atoms with Crippen LogP contribution in [0, 0.1) is 0 Å². The van der Waals surface area contributed by atoms with Crippen LogP contribution in [-0.2, 0) is 14.3 Å². The Balaban J connectivity index is 1.88. The highest BCUT2D eigenvalue weighted by molar-refractivity contribution is 9.10. The van der Waals surface area contributed by atoms with Crippen molar-refractivity contribution in [3.63, 3.8) is 0 Å². The molecule has 0 bridgehead atoms. The molecule has 1 aliphatic rings. The molecule has 4 nitrogen and oxygen atoms in total. The molecule has 5 heteroatoms. The van der Waals surface area contributed by atoms with Crippen LogP contribution in [0.2, 0.25) is 0 Å². The van der Waals surface area contributed by atoms with Crippen LogP contribution in [0.3, 0.4) is 0 Å². The Labute approximate surface area is 172 Å². The van der Waals surface area contributed by atoms with Gasteiger partial charge in [-0.2, -0.15) is 0 Å². The third-order valence-corrected chi connectivity index (χ3v) is 5.66. The van der Waals surface area contributed by atoms with Crippen LogP contribution in [-0.4, -0.2) is 25.0 Å². The van der Waals surface area contributed by atoms with E-state index < -0.39 is 5.97 Å². The molecular weight excluding hydrogens is 418 g/mol. The number of nitrogens with zero attached hydrogens (tertiary/aromatic N) is 1. The Morgan fingerprint density at radius 3 is 2.61 bits per heavy atom. The van der Waals surface area contributed by atoms with Crippen LogP contribution in [0.4, 0.5) is 5.69 Å². The standard InChI is InChI=1S/C23H20BrNO3/c1-2-28-22(27)14-25-20-12-9-15-5-3-4-6-18(15)23(20)19(13-21(25)26)16-7-10-17(24)11-8-16/h3-12,19H,2,13-14H2,1H3. The molecule has 1 amide bonds. The van der Waals surface area contributed by atoms with E-state index in [1.165, 1.54) is 0 Å². The van der Waals surface area contributed by atoms with Gasteiger partial charge in [0, 0.05) is 22.5 Å². The Hall–Kier alpha value is -2.66. The highest BCUT2D eigenvalue weighted by Crippen LogP contribution is 2.44. The molecule has 0 aromatic heterocycles. The second-order valence-electron chi connectivity index (χ2n) is 6.81. The van der Waals surface area contributed by atoms with Gasteiger partial charge in [-0.15, -0.1) is 0 Å². The number of fused-ring (bicyclic) bond motifs is 3. The third kappa shape index (κ3) is 3.42.